The molecule has 0 fully saturated rings. The van der Waals surface area contributed by atoms with Crippen LogP contribution in [0.1, 0.15) is 51.7 Å². The average Bonchev–Trinajstić information content (AvgIpc) is 2.66. The Morgan fingerprint density at radius 3 is 2.46 bits per heavy atom. The molecule has 0 bridgehead atoms. The number of carbonyl (C=O) groups is 2. The van der Waals surface area contributed by atoms with Gasteiger partial charge in [0.2, 0.25) is 11.8 Å². The van der Waals surface area contributed by atoms with Crippen LogP contribution in [0.2, 0.25) is 0 Å². The average molecular weight is 382 g/mol. The van der Waals surface area contributed by atoms with Crippen LogP contribution in [0.25, 0.3) is 0 Å². The lowest BCUT2D eigenvalue weighted by atomic mass is 9.69. The first kappa shape index (κ1) is 21.7. The molecule has 150 valence electrons. The molecule has 1 aromatic carbocycles. The minimum atomic E-state index is -0.00198. The van der Waals surface area contributed by atoms with E-state index in [9.17, 15) is 9.59 Å². The number of amides is 2. The summed E-state index contributed by atoms with van der Waals surface area (Å²) in [6.07, 6.45) is 3.70. The maximum absolute atomic E-state index is 12.5. The molecule has 0 spiro atoms. The Labute approximate surface area is 168 Å². The zero-order valence-corrected chi connectivity index (χ0v) is 17.3. The first-order chi connectivity index (χ1) is 13.3. The smallest absolute Gasteiger partial charge is 0.220 e. The summed E-state index contributed by atoms with van der Waals surface area (Å²) in [6, 6.07) is 9.35. The molecule has 1 aliphatic rings. The third-order valence-corrected chi connectivity index (χ3v) is 5.68. The number of carbonyl (C=O) groups excluding carboxylic acids is 2. The van der Waals surface area contributed by atoms with Crippen molar-refractivity contribution >= 4 is 11.8 Å². The van der Waals surface area contributed by atoms with Gasteiger partial charge < -0.3 is 10.6 Å². The molecular weight excluding hydrogens is 350 g/mol. The third kappa shape index (κ3) is 6.23. The van der Waals surface area contributed by atoms with Crippen LogP contribution in [0.15, 0.2) is 35.9 Å². The van der Waals surface area contributed by atoms with E-state index >= 15 is 0 Å². The van der Waals surface area contributed by atoms with Gasteiger partial charge in [0.1, 0.15) is 0 Å². The number of allylic oxidation sites excluding steroid dienone is 1. The molecule has 1 aliphatic carbocycles. The monoisotopic (exact) mass is 381 g/mol. The van der Waals surface area contributed by atoms with Crippen LogP contribution in [0.3, 0.4) is 0 Å². The first-order valence-electron chi connectivity index (χ1n) is 9.98. The molecule has 0 heterocycles. The molecule has 5 heteroatoms. The van der Waals surface area contributed by atoms with Gasteiger partial charge in [0, 0.05) is 26.4 Å². The van der Waals surface area contributed by atoms with Gasteiger partial charge in [0.15, 0.2) is 0 Å². The predicted molar refractivity (Wildman–Crippen MR) is 110 cm³/mol. The van der Waals surface area contributed by atoms with Gasteiger partial charge in [-0.05, 0) is 54.7 Å². The van der Waals surface area contributed by atoms with E-state index in [1.165, 1.54) is 5.57 Å². The topological polar surface area (TPSA) is 82.0 Å². The molecule has 0 radical (unpaired) electrons. The van der Waals surface area contributed by atoms with Crippen molar-refractivity contribution in [2.75, 3.05) is 6.54 Å². The zero-order valence-electron chi connectivity index (χ0n) is 17.3. The Morgan fingerprint density at radius 1 is 1.21 bits per heavy atom. The molecule has 28 heavy (non-hydrogen) atoms. The lowest BCUT2D eigenvalue weighted by Gasteiger charge is -2.37. The Bertz CT molecular complexity index is 759. The fourth-order valence-corrected chi connectivity index (χ4v) is 3.96. The van der Waals surface area contributed by atoms with E-state index in [1.54, 1.807) is 19.1 Å². The van der Waals surface area contributed by atoms with E-state index in [0.29, 0.717) is 42.8 Å². The van der Waals surface area contributed by atoms with E-state index in [4.69, 9.17) is 5.26 Å². The third-order valence-electron chi connectivity index (χ3n) is 5.68. The van der Waals surface area contributed by atoms with Crippen molar-refractivity contribution in [1.82, 2.24) is 10.6 Å². The fourth-order valence-electron chi connectivity index (χ4n) is 3.96. The van der Waals surface area contributed by atoms with Gasteiger partial charge in [-0.2, -0.15) is 5.26 Å². The summed E-state index contributed by atoms with van der Waals surface area (Å²) in [6.45, 7) is 9.19. The molecule has 3 atom stereocenters. The molecule has 5 nitrogen and oxygen atoms in total. The second-order valence-electron chi connectivity index (χ2n) is 8.14. The van der Waals surface area contributed by atoms with Crippen molar-refractivity contribution in [3.63, 3.8) is 0 Å². The molecule has 0 saturated carbocycles. The van der Waals surface area contributed by atoms with Crippen LogP contribution in [-0.2, 0) is 16.1 Å². The summed E-state index contributed by atoms with van der Waals surface area (Å²) >= 11 is 0. The Hall–Kier alpha value is -2.61. The fraction of sp³-hybridized carbons (Fsp3) is 0.522. The minimum Gasteiger partial charge on any atom is -0.356 e. The van der Waals surface area contributed by atoms with Gasteiger partial charge in [-0.1, -0.05) is 37.6 Å². The SMILES string of the molecule is CC(=O)NCC1C=C(C)C(CC(=O)NCc2ccc(C#N)cc2)CC1C(C)C. The van der Waals surface area contributed by atoms with Gasteiger partial charge >= 0.3 is 0 Å². The first-order valence-corrected chi connectivity index (χ1v) is 9.98. The molecule has 2 N–H and O–H groups in total. The maximum Gasteiger partial charge on any atom is 0.220 e. The van der Waals surface area contributed by atoms with Crippen LogP contribution in [-0.4, -0.2) is 18.4 Å². The van der Waals surface area contributed by atoms with Crippen LogP contribution >= 0.6 is 0 Å². The molecule has 2 amide bonds. The largest absolute Gasteiger partial charge is 0.356 e. The molecular formula is C23H31N3O2. The second kappa shape index (κ2) is 10.1. The summed E-state index contributed by atoms with van der Waals surface area (Å²) in [7, 11) is 0. The van der Waals surface area contributed by atoms with E-state index in [2.05, 4.69) is 43.6 Å². The summed E-state index contributed by atoms with van der Waals surface area (Å²) in [5, 5.41) is 14.8. The Morgan fingerprint density at radius 2 is 1.89 bits per heavy atom. The quantitative estimate of drug-likeness (QED) is 0.709. The van der Waals surface area contributed by atoms with Gasteiger partial charge in [-0.15, -0.1) is 0 Å². The summed E-state index contributed by atoms with van der Waals surface area (Å²) in [5.74, 6) is 1.55. The van der Waals surface area contributed by atoms with Crippen LogP contribution in [0.5, 0.6) is 0 Å². The maximum atomic E-state index is 12.5. The Balaban J connectivity index is 1.94. The van der Waals surface area contributed by atoms with E-state index in [0.717, 1.165) is 12.0 Å². The minimum absolute atomic E-state index is 0.00198. The second-order valence-corrected chi connectivity index (χ2v) is 8.14. The predicted octanol–water partition coefficient (Wildman–Crippen LogP) is 3.56. The standard InChI is InChI=1S/C23H31N3O2/c1-15(2)22-10-20(16(3)9-21(22)14-25-17(4)27)11-23(28)26-13-19-7-5-18(12-24)6-8-19/h5-9,15,20-22H,10-11,13-14H2,1-4H3,(H,25,27)(H,26,28). The number of benzene rings is 1. The van der Waals surface area contributed by atoms with E-state index in [1.807, 2.05) is 12.1 Å². The van der Waals surface area contributed by atoms with Gasteiger partial charge in [-0.3, -0.25) is 9.59 Å². The van der Waals surface area contributed by atoms with Gasteiger partial charge in [0.25, 0.3) is 0 Å². The molecule has 2 rings (SSSR count). The zero-order chi connectivity index (χ0) is 20.7. The van der Waals surface area contributed by atoms with Crippen molar-refractivity contribution in [3.05, 3.63) is 47.0 Å². The van der Waals surface area contributed by atoms with Crippen molar-refractivity contribution in [2.24, 2.45) is 23.7 Å². The number of nitriles is 1. The van der Waals surface area contributed by atoms with Crippen LogP contribution in [0, 0.1) is 35.0 Å². The molecule has 0 aliphatic heterocycles. The molecule has 0 aromatic heterocycles. The lowest BCUT2D eigenvalue weighted by Crippen LogP contribution is -2.37. The summed E-state index contributed by atoms with van der Waals surface area (Å²) in [5.41, 5.74) is 2.84. The van der Waals surface area contributed by atoms with Gasteiger partial charge in [-0.25, -0.2) is 0 Å². The van der Waals surface area contributed by atoms with Gasteiger partial charge in [0.05, 0.1) is 11.6 Å². The van der Waals surface area contributed by atoms with Crippen molar-refractivity contribution in [2.45, 2.75) is 47.1 Å². The molecule has 3 unspecified atom stereocenters. The van der Waals surface area contributed by atoms with E-state index in [-0.39, 0.29) is 17.7 Å². The van der Waals surface area contributed by atoms with Crippen molar-refractivity contribution in [1.29, 1.82) is 5.26 Å². The number of rotatable bonds is 7. The highest BCUT2D eigenvalue weighted by Crippen LogP contribution is 2.38. The highest BCUT2D eigenvalue weighted by molar-refractivity contribution is 5.76. The Kier molecular flexibility index (Phi) is 7.80. The number of hydrogen-bond donors (Lipinski definition) is 2. The number of nitrogens with one attached hydrogen (secondary N) is 2. The van der Waals surface area contributed by atoms with Crippen LogP contribution < -0.4 is 10.6 Å². The lowest BCUT2D eigenvalue weighted by molar-refractivity contribution is -0.122. The van der Waals surface area contributed by atoms with Crippen molar-refractivity contribution in [3.8, 4) is 6.07 Å². The summed E-state index contributed by atoms with van der Waals surface area (Å²) in [4.78, 5) is 23.8. The molecule has 0 saturated heterocycles. The normalized spacial score (nSPS) is 21.6. The number of hydrogen-bond acceptors (Lipinski definition) is 3. The van der Waals surface area contributed by atoms with E-state index < -0.39 is 0 Å². The van der Waals surface area contributed by atoms with Crippen molar-refractivity contribution < 1.29 is 9.59 Å². The molecule has 1 aromatic rings. The highest BCUT2D eigenvalue weighted by Gasteiger charge is 2.32. The summed E-state index contributed by atoms with van der Waals surface area (Å²) < 4.78 is 0. The van der Waals surface area contributed by atoms with Crippen LogP contribution in [0.4, 0.5) is 0 Å². The number of nitrogens with zero attached hydrogens (tertiary/aromatic N) is 1. The highest BCUT2D eigenvalue weighted by atomic mass is 16.2.